The number of carbonyl (C=O) groups is 2. The molecule has 0 bridgehead atoms. The number of aliphatic hydroxyl groups is 1. The highest BCUT2D eigenvalue weighted by atomic mass is 16.5. The van der Waals surface area contributed by atoms with Crippen molar-refractivity contribution in [3.63, 3.8) is 0 Å². The van der Waals surface area contributed by atoms with Crippen LogP contribution in [-0.4, -0.2) is 29.0 Å². The lowest BCUT2D eigenvalue weighted by molar-refractivity contribution is -0.133. The van der Waals surface area contributed by atoms with E-state index in [1.165, 1.54) is 19.2 Å². The van der Waals surface area contributed by atoms with Crippen molar-refractivity contribution in [3.8, 4) is 11.5 Å². The standard InChI is InChI=1S/C18H15NO5/c1-24-13-9-11(7-8-12(13)20)15-14(17(22)18(23)19-15)16(21)10-5-3-2-4-6-10/h2-9,15,20-21H,1H3,(H,19,23). The van der Waals surface area contributed by atoms with Crippen molar-refractivity contribution in [2.45, 2.75) is 6.04 Å². The van der Waals surface area contributed by atoms with Crippen LogP contribution in [0, 0.1) is 0 Å². The third-order valence-electron chi connectivity index (χ3n) is 3.85. The van der Waals surface area contributed by atoms with Crippen LogP contribution in [-0.2, 0) is 9.59 Å². The smallest absolute Gasteiger partial charge is 0.293 e. The molecule has 6 nitrogen and oxygen atoms in total. The summed E-state index contributed by atoms with van der Waals surface area (Å²) < 4.78 is 5.05. The predicted molar refractivity (Wildman–Crippen MR) is 86.5 cm³/mol. The number of phenols is 1. The zero-order valence-corrected chi connectivity index (χ0v) is 12.8. The zero-order chi connectivity index (χ0) is 17.3. The highest BCUT2D eigenvalue weighted by Gasteiger charge is 2.39. The first kappa shape index (κ1) is 15.6. The summed E-state index contributed by atoms with van der Waals surface area (Å²) in [7, 11) is 1.40. The van der Waals surface area contributed by atoms with Gasteiger partial charge in [-0.3, -0.25) is 9.59 Å². The van der Waals surface area contributed by atoms with Gasteiger partial charge in [0.15, 0.2) is 11.5 Å². The number of Topliss-reactive ketones (excluding diaryl/α,β-unsaturated/α-hetero) is 1. The molecule has 1 aliphatic heterocycles. The minimum absolute atomic E-state index is 0.0288. The van der Waals surface area contributed by atoms with Crippen LogP contribution < -0.4 is 10.1 Å². The number of aromatic hydroxyl groups is 1. The van der Waals surface area contributed by atoms with Gasteiger partial charge in [-0.05, 0) is 17.7 Å². The molecule has 1 heterocycles. The monoisotopic (exact) mass is 325 g/mol. The van der Waals surface area contributed by atoms with E-state index in [9.17, 15) is 19.8 Å². The molecule has 1 atom stereocenters. The maximum atomic E-state index is 12.2. The first-order valence-electron chi connectivity index (χ1n) is 7.23. The van der Waals surface area contributed by atoms with Gasteiger partial charge in [0.25, 0.3) is 11.7 Å². The van der Waals surface area contributed by atoms with Crippen LogP contribution in [0.15, 0.2) is 54.1 Å². The van der Waals surface area contributed by atoms with Crippen LogP contribution in [0.25, 0.3) is 5.76 Å². The first-order valence-corrected chi connectivity index (χ1v) is 7.23. The molecule has 0 spiro atoms. The summed E-state index contributed by atoms with van der Waals surface area (Å²) in [6.07, 6.45) is 0. The van der Waals surface area contributed by atoms with Gasteiger partial charge in [-0.25, -0.2) is 0 Å². The normalized spacial score (nSPS) is 19.1. The van der Waals surface area contributed by atoms with E-state index in [4.69, 9.17) is 4.74 Å². The van der Waals surface area contributed by atoms with Gasteiger partial charge >= 0.3 is 0 Å². The predicted octanol–water partition coefficient (Wildman–Crippen LogP) is 2.11. The highest BCUT2D eigenvalue weighted by Crippen LogP contribution is 2.36. The average molecular weight is 325 g/mol. The van der Waals surface area contributed by atoms with Gasteiger partial charge in [-0.2, -0.15) is 0 Å². The molecule has 0 aromatic heterocycles. The largest absolute Gasteiger partial charge is 0.507 e. The van der Waals surface area contributed by atoms with E-state index in [-0.39, 0.29) is 22.8 Å². The molecule has 0 aliphatic carbocycles. The molecule has 122 valence electrons. The number of phenolic OH excluding ortho intramolecular Hbond substituents is 1. The van der Waals surface area contributed by atoms with Crippen molar-refractivity contribution in [1.82, 2.24) is 5.32 Å². The molecule has 6 heteroatoms. The average Bonchev–Trinajstić information content (AvgIpc) is 2.90. The van der Waals surface area contributed by atoms with Crippen LogP contribution in [0.5, 0.6) is 11.5 Å². The summed E-state index contributed by atoms with van der Waals surface area (Å²) in [4.78, 5) is 24.1. The number of rotatable bonds is 3. The molecule has 1 unspecified atom stereocenters. The third kappa shape index (κ3) is 2.58. The number of hydrogen-bond donors (Lipinski definition) is 3. The molecule has 3 rings (SSSR count). The fourth-order valence-electron chi connectivity index (χ4n) is 2.64. The molecule has 2 aromatic rings. The van der Waals surface area contributed by atoms with E-state index < -0.39 is 17.7 Å². The topological polar surface area (TPSA) is 95.9 Å². The number of amides is 1. The van der Waals surface area contributed by atoms with Gasteiger partial charge in [-0.1, -0.05) is 36.4 Å². The SMILES string of the molecule is COc1cc(C2NC(=O)C(=O)C2=C(O)c2ccccc2)ccc1O. The lowest BCUT2D eigenvalue weighted by atomic mass is 9.95. The third-order valence-corrected chi connectivity index (χ3v) is 3.85. The molecule has 2 aromatic carbocycles. The number of ether oxygens (including phenoxy) is 1. The van der Waals surface area contributed by atoms with E-state index in [0.29, 0.717) is 11.1 Å². The van der Waals surface area contributed by atoms with Crippen LogP contribution in [0.2, 0.25) is 0 Å². The Bertz CT molecular complexity index is 842. The number of benzene rings is 2. The fraction of sp³-hybridized carbons (Fsp3) is 0.111. The van der Waals surface area contributed by atoms with Gasteiger partial charge < -0.3 is 20.3 Å². The Labute approximate surface area is 138 Å². The Balaban J connectivity index is 2.13. The second kappa shape index (κ2) is 6.08. The van der Waals surface area contributed by atoms with Crippen molar-refractivity contribution in [2.24, 2.45) is 0 Å². The minimum Gasteiger partial charge on any atom is -0.507 e. The number of nitrogens with one attached hydrogen (secondary N) is 1. The van der Waals surface area contributed by atoms with E-state index in [2.05, 4.69) is 5.32 Å². The number of aliphatic hydroxyl groups excluding tert-OH is 1. The second-order valence-electron chi connectivity index (χ2n) is 5.30. The molecule has 3 N–H and O–H groups in total. The number of ketones is 1. The van der Waals surface area contributed by atoms with Crippen molar-refractivity contribution < 1.29 is 24.5 Å². The molecule has 1 saturated heterocycles. The minimum atomic E-state index is -0.820. The molecule has 24 heavy (non-hydrogen) atoms. The van der Waals surface area contributed by atoms with Crippen molar-refractivity contribution in [2.75, 3.05) is 7.11 Å². The van der Waals surface area contributed by atoms with Crippen LogP contribution in [0.3, 0.4) is 0 Å². The maximum Gasteiger partial charge on any atom is 0.293 e. The van der Waals surface area contributed by atoms with Gasteiger partial charge in [0.1, 0.15) is 5.76 Å². The van der Waals surface area contributed by atoms with E-state index in [1.54, 1.807) is 36.4 Å². The molecule has 1 fully saturated rings. The summed E-state index contributed by atoms with van der Waals surface area (Å²) in [5.41, 5.74) is 0.924. The van der Waals surface area contributed by atoms with Crippen molar-refractivity contribution >= 4 is 17.4 Å². The Morgan fingerprint density at radius 3 is 2.50 bits per heavy atom. The van der Waals surface area contributed by atoms with E-state index in [0.717, 1.165) is 0 Å². The summed E-state index contributed by atoms with van der Waals surface area (Å²) in [5.74, 6) is -1.68. The second-order valence-corrected chi connectivity index (χ2v) is 5.30. The van der Waals surface area contributed by atoms with Crippen LogP contribution >= 0.6 is 0 Å². The molecular formula is C18H15NO5. The van der Waals surface area contributed by atoms with E-state index >= 15 is 0 Å². The van der Waals surface area contributed by atoms with Crippen molar-refractivity contribution in [1.29, 1.82) is 0 Å². The van der Waals surface area contributed by atoms with Crippen molar-refractivity contribution in [3.05, 3.63) is 65.2 Å². The molecular weight excluding hydrogens is 310 g/mol. The number of hydrogen-bond acceptors (Lipinski definition) is 5. The summed E-state index contributed by atoms with van der Waals surface area (Å²) in [6.45, 7) is 0. The zero-order valence-electron chi connectivity index (χ0n) is 12.8. The van der Waals surface area contributed by atoms with Gasteiger partial charge in [0, 0.05) is 5.56 Å². The lowest BCUT2D eigenvalue weighted by Crippen LogP contribution is -2.21. The Hall–Kier alpha value is -3.28. The molecule has 0 radical (unpaired) electrons. The lowest BCUT2D eigenvalue weighted by Gasteiger charge is -2.15. The number of carbonyl (C=O) groups excluding carboxylic acids is 2. The summed E-state index contributed by atoms with van der Waals surface area (Å²) >= 11 is 0. The Morgan fingerprint density at radius 2 is 1.83 bits per heavy atom. The van der Waals surface area contributed by atoms with Gasteiger partial charge in [-0.15, -0.1) is 0 Å². The molecule has 0 saturated carbocycles. The van der Waals surface area contributed by atoms with Crippen LogP contribution in [0.1, 0.15) is 17.2 Å². The Kier molecular flexibility index (Phi) is 3.95. The Morgan fingerprint density at radius 1 is 1.12 bits per heavy atom. The fourth-order valence-corrected chi connectivity index (χ4v) is 2.64. The van der Waals surface area contributed by atoms with E-state index in [1.807, 2.05) is 0 Å². The van der Waals surface area contributed by atoms with Gasteiger partial charge in [0.05, 0.1) is 18.7 Å². The first-order chi connectivity index (χ1) is 11.5. The maximum absolute atomic E-state index is 12.2. The number of methoxy groups -OCH3 is 1. The van der Waals surface area contributed by atoms with Gasteiger partial charge in [0.2, 0.25) is 0 Å². The van der Waals surface area contributed by atoms with Crippen LogP contribution in [0.4, 0.5) is 0 Å². The molecule has 1 amide bonds. The molecule has 1 aliphatic rings. The quantitative estimate of drug-likeness (QED) is 0.456. The summed E-state index contributed by atoms with van der Waals surface area (Å²) in [5, 5.41) is 22.7. The summed E-state index contributed by atoms with van der Waals surface area (Å²) in [6, 6.07) is 12.2. The highest BCUT2D eigenvalue weighted by molar-refractivity contribution is 6.46.